The Kier molecular flexibility index (Phi) is 5.56. The summed E-state index contributed by atoms with van der Waals surface area (Å²) in [6, 6.07) is 12.0. The maximum absolute atomic E-state index is 13.0. The molecule has 128 valence electrons. The lowest BCUT2D eigenvalue weighted by atomic mass is 10.1. The van der Waals surface area contributed by atoms with Gasteiger partial charge in [-0.1, -0.05) is 12.1 Å². The fraction of sp³-hybridized carbons (Fsp3) is 0.235. The lowest BCUT2D eigenvalue weighted by Crippen LogP contribution is -2.29. The fourth-order valence-corrected chi connectivity index (χ4v) is 3.09. The van der Waals surface area contributed by atoms with E-state index >= 15 is 0 Å². The van der Waals surface area contributed by atoms with Gasteiger partial charge in [-0.25, -0.2) is 12.8 Å². The van der Waals surface area contributed by atoms with Crippen LogP contribution in [-0.4, -0.2) is 27.1 Å². The number of sulfonamides is 1. The Balaban J connectivity index is 2.28. The summed E-state index contributed by atoms with van der Waals surface area (Å²) in [5.74, 6) is -0.593. The minimum Gasteiger partial charge on any atom is -0.352 e. The molecule has 1 N–H and O–H groups in total. The minimum absolute atomic E-state index is 0.0830. The van der Waals surface area contributed by atoms with Gasteiger partial charge >= 0.3 is 0 Å². The molecule has 0 aliphatic heterocycles. The molecule has 0 atom stereocenters. The molecule has 0 bridgehead atoms. The van der Waals surface area contributed by atoms with Crippen LogP contribution in [0.1, 0.15) is 22.8 Å². The van der Waals surface area contributed by atoms with Gasteiger partial charge in [-0.3, -0.25) is 9.10 Å². The highest BCUT2D eigenvalue weighted by Crippen LogP contribution is 2.21. The Morgan fingerprint density at radius 1 is 1.08 bits per heavy atom. The van der Waals surface area contributed by atoms with Gasteiger partial charge in [-0.15, -0.1) is 0 Å². The highest BCUT2D eigenvalue weighted by atomic mass is 32.2. The Labute approximate surface area is 141 Å². The van der Waals surface area contributed by atoms with Crippen LogP contribution in [0.4, 0.5) is 10.1 Å². The molecule has 0 radical (unpaired) electrons. The number of halogens is 1. The standard InChI is InChI=1S/C17H19FN2O3S/c1-3-19-17(21)14-6-10-16(11-7-14)20(24(2,22)23)12-13-4-8-15(18)9-5-13/h4-11H,3,12H2,1-2H3,(H,19,21). The molecule has 2 rings (SSSR count). The third kappa shape index (κ3) is 4.55. The van der Waals surface area contributed by atoms with E-state index in [0.717, 1.165) is 6.26 Å². The van der Waals surface area contributed by atoms with Crippen molar-refractivity contribution in [1.82, 2.24) is 5.32 Å². The fourth-order valence-electron chi connectivity index (χ4n) is 2.20. The number of hydrogen-bond donors (Lipinski definition) is 1. The van der Waals surface area contributed by atoms with Gasteiger partial charge in [0.2, 0.25) is 10.0 Å². The van der Waals surface area contributed by atoms with Crippen LogP contribution in [0.2, 0.25) is 0 Å². The van der Waals surface area contributed by atoms with Crippen LogP contribution < -0.4 is 9.62 Å². The van der Waals surface area contributed by atoms with Gasteiger partial charge in [0, 0.05) is 12.1 Å². The third-order valence-corrected chi connectivity index (χ3v) is 4.54. The van der Waals surface area contributed by atoms with Gasteiger partial charge in [0.25, 0.3) is 5.91 Å². The van der Waals surface area contributed by atoms with E-state index in [1.165, 1.54) is 28.6 Å². The van der Waals surface area contributed by atoms with E-state index < -0.39 is 10.0 Å². The number of carbonyl (C=O) groups excluding carboxylic acids is 1. The third-order valence-electron chi connectivity index (χ3n) is 3.39. The van der Waals surface area contributed by atoms with E-state index in [1.807, 2.05) is 6.92 Å². The minimum atomic E-state index is -3.53. The SMILES string of the molecule is CCNC(=O)c1ccc(N(Cc2ccc(F)cc2)S(C)(=O)=O)cc1. The predicted octanol–water partition coefficient (Wildman–Crippen LogP) is 2.54. The molecule has 24 heavy (non-hydrogen) atoms. The first-order chi connectivity index (χ1) is 11.3. The summed E-state index contributed by atoms with van der Waals surface area (Å²) in [6.45, 7) is 2.42. The first kappa shape index (κ1) is 17.9. The summed E-state index contributed by atoms with van der Waals surface area (Å²) in [4.78, 5) is 11.8. The van der Waals surface area contributed by atoms with Crippen molar-refractivity contribution in [1.29, 1.82) is 0 Å². The number of nitrogens with one attached hydrogen (secondary N) is 1. The molecule has 0 aliphatic rings. The molecule has 0 saturated carbocycles. The van der Waals surface area contributed by atoms with Crippen molar-refractivity contribution in [2.75, 3.05) is 17.1 Å². The Morgan fingerprint density at radius 2 is 1.67 bits per heavy atom. The first-order valence-corrected chi connectivity index (χ1v) is 9.26. The zero-order valence-electron chi connectivity index (χ0n) is 13.5. The van der Waals surface area contributed by atoms with Gasteiger partial charge in [0.05, 0.1) is 18.5 Å². The second-order valence-corrected chi connectivity index (χ2v) is 7.21. The first-order valence-electron chi connectivity index (χ1n) is 7.41. The molecule has 2 aromatic carbocycles. The molecular weight excluding hydrogens is 331 g/mol. The molecular formula is C17H19FN2O3S. The van der Waals surface area contributed by atoms with Crippen LogP contribution in [0.15, 0.2) is 48.5 Å². The van der Waals surface area contributed by atoms with E-state index in [0.29, 0.717) is 23.4 Å². The van der Waals surface area contributed by atoms with Crippen molar-refractivity contribution in [2.24, 2.45) is 0 Å². The van der Waals surface area contributed by atoms with E-state index in [1.54, 1.807) is 24.3 Å². The predicted molar refractivity (Wildman–Crippen MR) is 91.9 cm³/mol. The lowest BCUT2D eigenvalue weighted by Gasteiger charge is -2.22. The number of hydrogen-bond acceptors (Lipinski definition) is 3. The van der Waals surface area contributed by atoms with Crippen molar-refractivity contribution in [3.8, 4) is 0 Å². The molecule has 0 unspecified atom stereocenters. The zero-order valence-corrected chi connectivity index (χ0v) is 14.3. The van der Waals surface area contributed by atoms with Crippen molar-refractivity contribution in [2.45, 2.75) is 13.5 Å². The van der Waals surface area contributed by atoms with Crippen LogP contribution in [0.25, 0.3) is 0 Å². The second kappa shape index (κ2) is 7.44. The average Bonchev–Trinajstić information content (AvgIpc) is 2.53. The topological polar surface area (TPSA) is 66.5 Å². The summed E-state index contributed by atoms with van der Waals surface area (Å²) in [6.07, 6.45) is 1.11. The Bertz CT molecular complexity index is 803. The largest absolute Gasteiger partial charge is 0.352 e. The van der Waals surface area contributed by atoms with Crippen LogP contribution in [0.5, 0.6) is 0 Å². The van der Waals surface area contributed by atoms with Gasteiger partial charge < -0.3 is 5.32 Å². The lowest BCUT2D eigenvalue weighted by molar-refractivity contribution is 0.0956. The normalized spacial score (nSPS) is 11.1. The van der Waals surface area contributed by atoms with Crippen molar-refractivity contribution >= 4 is 21.6 Å². The molecule has 5 nitrogen and oxygen atoms in total. The molecule has 0 fully saturated rings. The molecule has 2 aromatic rings. The van der Waals surface area contributed by atoms with Gasteiger partial charge in [0.1, 0.15) is 5.82 Å². The molecule has 0 saturated heterocycles. The highest BCUT2D eigenvalue weighted by Gasteiger charge is 2.18. The van der Waals surface area contributed by atoms with Crippen LogP contribution in [0.3, 0.4) is 0 Å². The van der Waals surface area contributed by atoms with Crippen molar-refractivity contribution in [3.05, 3.63) is 65.5 Å². The van der Waals surface area contributed by atoms with Crippen LogP contribution in [-0.2, 0) is 16.6 Å². The number of amides is 1. The molecule has 1 amide bonds. The Morgan fingerprint density at radius 3 is 2.17 bits per heavy atom. The quantitative estimate of drug-likeness (QED) is 0.871. The summed E-state index contributed by atoms with van der Waals surface area (Å²) in [7, 11) is -3.53. The van der Waals surface area contributed by atoms with Crippen molar-refractivity contribution < 1.29 is 17.6 Å². The summed E-state index contributed by atoms with van der Waals surface area (Å²) in [5, 5.41) is 2.68. The summed E-state index contributed by atoms with van der Waals surface area (Å²) < 4.78 is 38.4. The maximum atomic E-state index is 13.0. The summed E-state index contributed by atoms with van der Waals surface area (Å²) >= 11 is 0. The average molecular weight is 350 g/mol. The van der Waals surface area contributed by atoms with E-state index in [4.69, 9.17) is 0 Å². The van der Waals surface area contributed by atoms with E-state index in [9.17, 15) is 17.6 Å². The Hall–Kier alpha value is -2.41. The smallest absolute Gasteiger partial charge is 0.251 e. The molecule has 7 heteroatoms. The summed E-state index contributed by atoms with van der Waals surface area (Å²) in [5.41, 5.74) is 1.56. The van der Waals surface area contributed by atoms with Gasteiger partial charge in [-0.2, -0.15) is 0 Å². The van der Waals surface area contributed by atoms with Crippen LogP contribution >= 0.6 is 0 Å². The monoisotopic (exact) mass is 350 g/mol. The number of nitrogens with zero attached hydrogens (tertiary/aromatic N) is 1. The molecule has 0 spiro atoms. The number of rotatable bonds is 6. The highest BCUT2D eigenvalue weighted by molar-refractivity contribution is 7.92. The second-order valence-electron chi connectivity index (χ2n) is 5.30. The molecule has 0 heterocycles. The zero-order chi connectivity index (χ0) is 17.7. The number of carbonyl (C=O) groups is 1. The van der Waals surface area contributed by atoms with Gasteiger partial charge in [0.15, 0.2) is 0 Å². The maximum Gasteiger partial charge on any atom is 0.251 e. The number of benzene rings is 2. The van der Waals surface area contributed by atoms with E-state index in [-0.39, 0.29) is 18.3 Å². The number of anilines is 1. The molecule has 0 aromatic heterocycles. The molecule has 0 aliphatic carbocycles. The van der Waals surface area contributed by atoms with Gasteiger partial charge in [-0.05, 0) is 48.9 Å². The van der Waals surface area contributed by atoms with E-state index in [2.05, 4.69) is 5.32 Å². The van der Waals surface area contributed by atoms with Crippen molar-refractivity contribution in [3.63, 3.8) is 0 Å². The van der Waals surface area contributed by atoms with Crippen LogP contribution in [0, 0.1) is 5.82 Å².